The lowest BCUT2D eigenvalue weighted by atomic mass is 10.3. The maximum atomic E-state index is 10.9. The molecule has 0 radical (unpaired) electrons. The molecular weight excluding hydrogens is 361 g/mol. The Kier molecular flexibility index (Phi) is 4.18. The smallest absolute Gasteiger partial charge is 0.313 e. The number of halogens is 3. The summed E-state index contributed by atoms with van der Waals surface area (Å²) in [7, 11) is 0. The fourth-order valence-electron chi connectivity index (χ4n) is 1.22. The highest BCUT2D eigenvalue weighted by Crippen LogP contribution is 2.38. The van der Waals surface area contributed by atoms with Crippen molar-refractivity contribution in [2.24, 2.45) is 0 Å². The normalized spacial score (nSPS) is 10.3. The monoisotopic (exact) mass is 363 g/mol. The molecule has 0 aliphatic carbocycles. The van der Waals surface area contributed by atoms with E-state index in [1.54, 1.807) is 0 Å². The molecule has 1 aromatic carbocycles. The van der Waals surface area contributed by atoms with Crippen LogP contribution in [0.15, 0.2) is 29.1 Å². The molecule has 0 N–H and O–H groups in total. The van der Waals surface area contributed by atoms with Crippen molar-refractivity contribution in [2.75, 3.05) is 0 Å². The Labute approximate surface area is 125 Å². The molecule has 0 unspecified atom stereocenters. The molecule has 0 fully saturated rings. The number of aromatic nitrogens is 2. The molecule has 0 saturated carbocycles. The van der Waals surface area contributed by atoms with E-state index in [-0.39, 0.29) is 27.4 Å². The predicted octanol–water partition coefficient (Wildman–Crippen LogP) is 4.25. The summed E-state index contributed by atoms with van der Waals surface area (Å²) in [4.78, 5) is 17.9. The summed E-state index contributed by atoms with van der Waals surface area (Å²) in [5, 5.41) is 11.2. The number of nitro groups is 1. The lowest BCUT2D eigenvalue weighted by Crippen LogP contribution is -1.96. The molecule has 0 amide bonds. The molecule has 0 bridgehead atoms. The largest absolute Gasteiger partial charge is 0.430 e. The number of benzene rings is 1. The Morgan fingerprint density at radius 1 is 1.32 bits per heavy atom. The lowest BCUT2D eigenvalue weighted by molar-refractivity contribution is -0.385. The van der Waals surface area contributed by atoms with Crippen LogP contribution >= 0.6 is 39.1 Å². The molecule has 1 heterocycles. The molecule has 0 aliphatic rings. The zero-order chi connectivity index (χ0) is 14.0. The van der Waals surface area contributed by atoms with Crippen molar-refractivity contribution in [2.45, 2.75) is 0 Å². The molecular formula is C10H4BrCl2N3O3. The highest BCUT2D eigenvalue weighted by atomic mass is 79.9. The Balaban J connectivity index is 2.48. The molecule has 2 aromatic rings. The van der Waals surface area contributed by atoms with Gasteiger partial charge >= 0.3 is 5.69 Å². The molecule has 0 saturated heterocycles. The number of nitro benzene ring substituents is 1. The second kappa shape index (κ2) is 5.68. The lowest BCUT2D eigenvalue weighted by Gasteiger charge is -2.07. The van der Waals surface area contributed by atoms with Gasteiger partial charge in [0.25, 0.3) is 0 Å². The van der Waals surface area contributed by atoms with Crippen molar-refractivity contribution in [1.82, 2.24) is 9.97 Å². The third kappa shape index (κ3) is 3.12. The molecule has 9 heteroatoms. The van der Waals surface area contributed by atoms with Gasteiger partial charge in [-0.2, -0.15) is 0 Å². The van der Waals surface area contributed by atoms with Gasteiger partial charge in [-0.3, -0.25) is 10.1 Å². The fraction of sp³-hybridized carbons (Fsp3) is 0. The maximum Gasteiger partial charge on any atom is 0.313 e. The summed E-state index contributed by atoms with van der Waals surface area (Å²) in [5.74, 6) is 0.0790. The molecule has 0 spiro atoms. The van der Waals surface area contributed by atoms with Crippen LogP contribution in [0.3, 0.4) is 0 Å². The van der Waals surface area contributed by atoms with E-state index in [1.165, 1.54) is 18.6 Å². The first kappa shape index (κ1) is 14.0. The van der Waals surface area contributed by atoms with Gasteiger partial charge in [0.05, 0.1) is 19.4 Å². The average molecular weight is 365 g/mol. The van der Waals surface area contributed by atoms with Crippen LogP contribution in [0, 0.1) is 10.1 Å². The summed E-state index contributed by atoms with van der Waals surface area (Å²) < 4.78 is 5.81. The second-order valence-electron chi connectivity index (χ2n) is 3.27. The minimum atomic E-state index is -0.618. The molecule has 6 nitrogen and oxygen atoms in total. The minimum absolute atomic E-state index is 0.0567. The number of nitrogens with zero attached hydrogens (tertiary/aromatic N) is 3. The molecule has 0 atom stereocenters. The van der Waals surface area contributed by atoms with E-state index in [0.29, 0.717) is 4.47 Å². The van der Waals surface area contributed by atoms with E-state index in [9.17, 15) is 10.1 Å². The van der Waals surface area contributed by atoms with Crippen LogP contribution in [0.5, 0.6) is 11.6 Å². The highest BCUT2D eigenvalue weighted by molar-refractivity contribution is 9.10. The summed E-state index contributed by atoms with van der Waals surface area (Å²) in [6.07, 6.45) is 2.70. The van der Waals surface area contributed by atoms with Crippen molar-refractivity contribution in [3.63, 3.8) is 0 Å². The predicted molar refractivity (Wildman–Crippen MR) is 72.9 cm³/mol. The summed E-state index contributed by atoms with van der Waals surface area (Å²) in [6, 6.07) is 2.38. The van der Waals surface area contributed by atoms with Crippen molar-refractivity contribution in [3.8, 4) is 11.6 Å². The Morgan fingerprint density at radius 2 is 2.00 bits per heavy atom. The van der Waals surface area contributed by atoms with Gasteiger partial charge in [-0.1, -0.05) is 23.2 Å². The summed E-state index contributed by atoms with van der Waals surface area (Å²) >= 11 is 14.7. The van der Waals surface area contributed by atoms with Gasteiger partial charge in [0, 0.05) is 18.3 Å². The molecule has 2 rings (SSSR count). The summed E-state index contributed by atoms with van der Waals surface area (Å²) in [6.45, 7) is 0. The van der Waals surface area contributed by atoms with E-state index in [1.807, 2.05) is 0 Å². The first-order valence-corrected chi connectivity index (χ1v) is 6.30. The number of hydrogen-bond acceptors (Lipinski definition) is 5. The van der Waals surface area contributed by atoms with E-state index < -0.39 is 4.92 Å². The quantitative estimate of drug-likeness (QED) is 0.601. The van der Waals surface area contributed by atoms with Gasteiger partial charge in [0.1, 0.15) is 6.33 Å². The molecule has 98 valence electrons. The van der Waals surface area contributed by atoms with Crippen LogP contribution in [0.2, 0.25) is 10.0 Å². The average Bonchev–Trinajstić information content (AvgIpc) is 2.36. The van der Waals surface area contributed by atoms with Crippen molar-refractivity contribution in [1.29, 1.82) is 0 Å². The van der Waals surface area contributed by atoms with E-state index in [4.69, 9.17) is 27.9 Å². The Bertz CT molecular complexity index is 654. The first-order valence-electron chi connectivity index (χ1n) is 4.76. The van der Waals surface area contributed by atoms with E-state index in [2.05, 4.69) is 25.9 Å². The van der Waals surface area contributed by atoms with Gasteiger partial charge in [-0.25, -0.2) is 9.97 Å². The van der Waals surface area contributed by atoms with Gasteiger partial charge < -0.3 is 4.74 Å². The van der Waals surface area contributed by atoms with Gasteiger partial charge in [-0.15, -0.1) is 0 Å². The minimum Gasteiger partial charge on any atom is -0.430 e. The Hall–Kier alpha value is -1.44. The maximum absolute atomic E-state index is 10.9. The van der Waals surface area contributed by atoms with E-state index >= 15 is 0 Å². The number of hydrogen-bond donors (Lipinski definition) is 0. The number of rotatable bonds is 3. The zero-order valence-electron chi connectivity index (χ0n) is 9.01. The highest BCUT2D eigenvalue weighted by Gasteiger charge is 2.20. The topological polar surface area (TPSA) is 78.2 Å². The number of ether oxygens (including phenoxy) is 1. The fourth-order valence-corrected chi connectivity index (χ4v) is 1.84. The Morgan fingerprint density at radius 3 is 2.63 bits per heavy atom. The molecule has 19 heavy (non-hydrogen) atoms. The summed E-state index contributed by atoms with van der Waals surface area (Å²) in [5.41, 5.74) is -0.306. The third-order valence-corrected chi connectivity index (χ3v) is 3.31. The zero-order valence-corrected chi connectivity index (χ0v) is 12.1. The van der Waals surface area contributed by atoms with Crippen molar-refractivity contribution >= 4 is 44.8 Å². The SMILES string of the molecule is O=[N+]([O-])c1cc(Cl)c(Cl)cc1Oc1ncncc1Br. The molecule has 1 aromatic heterocycles. The van der Waals surface area contributed by atoms with Crippen LogP contribution in [-0.4, -0.2) is 14.9 Å². The molecule has 0 aliphatic heterocycles. The standard InChI is InChI=1S/C10H4BrCl2N3O3/c11-5-3-14-4-15-10(5)19-9-2-7(13)6(12)1-8(9)16(17)18/h1-4H. The van der Waals surface area contributed by atoms with Crippen molar-refractivity contribution < 1.29 is 9.66 Å². The van der Waals surface area contributed by atoms with E-state index in [0.717, 1.165) is 6.07 Å². The van der Waals surface area contributed by atoms with Crippen LogP contribution in [-0.2, 0) is 0 Å². The van der Waals surface area contributed by atoms with Gasteiger partial charge in [0.15, 0.2) is 0 Å². The second-order valence-corrected chi connectivity index (χ2v) is 4.94. The first-order chi connectivity index (χ1) is 8.99. The third-order valence-electron chi connectivity index (χ3n) is 2.04. The van der Waals surface area contributed by atoms with Crippen LogP contribution < -0.4 is 4.74 Å². The van der Waals surface area contributed by atoms with Crippen LogP contribution in [0.1, 0.15) is 0 Å². The van der Waals surface area contributed by atoms with Crippen molar-refractivity contribution in [3.05, 3.63) is 49.3 Å². The van der Waals surface area contributed by atoms with Gasteiger partial charge in [-0.05, 0) is 15.9 Å². The van der Waals surface area contributed by atoms with Gasteiger partial charge in [0.2, 0.25) is 11.6 Å². The van der Waals surface area contributed by atoms with Crippen LogP contribution in [0.4, 0.5) is 5.69 Å². The van der Waals surface area contributed by atoms with Crippen LogP contribution in [0.25, 0.3) is 0 Å².